The highest BCUT2D eigenvalue weighted by Crippen LogP contribution is 2.25. The fourth-order valence-electron chi connectivity index (χ4n) is 2.84. The van der Waals surface area contributed by atoms with Crippen molar-refractivity contribution in [3.8, 4) is 0 Å². The van der Waals surface area contributed by atoms with Gasteiger partial charge in [0.1, 0.15) is 6.10 Å². The second-order valence-corrected chi connectivity index (χ2v) is 6.92. The summed E-state index contributed by atoms with van der Waals surface area (Å²) in [7, 11) is 0. The molecule has 0 saturated carbocycles. The van der Waals surface area contributed by atoms with E-state index in [0.29, 0.717) is 25.7 Å². The molecular weight excluding hydrogens is 360 g/mol. The van der Waals surface area contributed by atoms with Crippen molar-refractivity contribution in [3.63, 3.8) is 0 Å². The van der Waals surface area contributed by atoms with Crippen LogP contribution in [0.5, 0.6) is 0 Å². The molecule has 0 amide bonds. The number of carbonyl (C=O) groups is 1. The largest absolute Gasteiger partial charge is 0.481 e. The van der Waals surface area contributed by atoms with Crippen molar-refractivity contribution >= 4 is 5.97 Å². The summed E-state index contributed by atoms with van der Waals surface area (Å²) in [5.74, 6) is -0.854. The molecule has 28 heavy (non-hydrogen) atoms. The number of aliphatic hydroxyl groups excluding tert-OH is 3. The van der Waals surface area contributed by atoms with E-state index in [4.69, 9.17) is 9.84 Å². The van der Waals surface area contributed by atoms with Crippen molar-refractivity contribution in [2.75, 3.05) is 0 Å². The number of hydrogen-bond acceptors (Lipinski definition) is 5. The van der Waals surface area contributed by atoms with E-state index >= 15 is 0 Å². The quantitative estimate of drug-likeness (QED) is 0.358. The zero-order valence-corrected chi connectivity index (χ0v) is 16.6. The molecule has 5 atom stereocenters. The van der Waals surface area contributed by atoms with E-state index in [1.807, 2.05) is 12.2 Å². The van der Waals surface area contributed by atoms with Gasteiger partial charge in [0.2, 0.25) is 0 Å². The summed E-state index contributed by atoms with van der Waals surface area (Å²) in [6, 6.07) is 0. The molecule has 0 aromatic carbocycles. The first-order valence-electron chi connectivity index (χ1n) is 9.98. The van der Waals surface area contributed by atoms with Crippen molar-refractivity contribution < 1.29 is 30.0 Å². The van der Waals surface area contributed by atoms with E-state index in [2.05, 4.69) is 19.1 Å². The molecule has 6 heteroatoms. The summed E-state index contributed by atoms with van der Waals surface area (Å²) >= 11 is 0. The van der Waals surface area contributed by atoms with Gasteiger partial charge in [-0.2, -0.15) is 0 Å². The molecule has 0 radical (unpaired) electrons. The Morgan fingerprint density at radius 1 is 1.11 bits per heavy atom. The highest BCUT2D eigenvalue weighted by Gasteiger charge is 2.35. The average Bonchev–Trinajstić information content (AvgIpc) is 3.03. The van der Waals surface area contributed by atoms with Crippen LogP contribution in [0.25, 0.3) is 0 Å². The molecule has 0 spiro atoms. The number of hydrogen-bond donors (Lipinski definition) is 4. The Morgan fingerprint density at radius 2 is 1.82 bits per heavy atom. The Morgan fingerprint density at radius 3 is 2.54 bits per heavy atom. The van der Waals surface area contributed by atoms with Crippen LogP contribution in [-0.2, 0) is 9.53 Å². The van der Waals surface area contributed by atoms with Gasteiger partial charge in [0.15, 0.2) is 0 Å². The summed E-state index contributed by atoms with van der Waals surface area (Å²) in [5.41, 5.74) is 0. The molecule has 1 aliphatic rings. The Hall–Kier alpha value is -1.73. The van der Waals surface area contributed by atoms with E-state index in [1.165, 1.54) is 0 Å². The Balaban J connectivity index is 2.34. The van der Waals surface area contributed by atoms with E-state index in [0.717, 1.165) is 12.8 Å². The molecule has 1 fully saturated rings. The van der Waals surface area contributed by atoms with Gasteiger partial charge in [-0.15, -0.1) is 0 Å². The third-order valence-electron chi connectivity index (χ3n) is 4.42. The van der Waals surface area contributed by atoms with Crippen molar-refractivity contribution in [1.82, 2.24) is 0 Å². The summed E-state index contributed by atoms with van der Waals surface area (Å²) in [6.45, 7) is 2.08. The van der Waals surface area contributed by atoms with Gasteiger partial charge < -0.3 is 25.2 Å². The minimum Gasteiger partial charge on any atom is -0.481 e. The highest BCUT2D eigenvalue weighted by atomic mass is 16.5. The molecule has 0 aliphatic carbocycles. The molecule has 0 bridgehead atoms. The van der Waals surface area contributed by atoms with Crippen molar-refractivity contribution in [2.45, 2.75) is 82.4 Å². The number of rotatable bonds is 13. The topological polar surface area (TPSA) is 107 Å². The fraction of sp³-hybridized carbons (Fsp3) is 0.591. The molecule has 1 aliphatic heterocycles. The maximum absolute atomic E-state index is 10.4. The summed E-state index contributed by atoms with van der Waals surface area (Å²) in [4.78, 5) is 10.4. The first kappa shape index (κ1) is 24.3. The van der Waals surface area contributed by atoms with Crippen LogP contribution < -0.4 is 0 Å². The third kappa shape index (κ3) is 10.6. The minimum absolute atomic E-state index is 0.0606. The lowest BCUT2D eigenvalue weighted by molar-refractivity contribution is -0.136. The van der Waals surface area contributed by atoms with E-state index in [1.54, 1.807) is 24.3 Å². The van der Waals surface area contributed by atoms with Gasteiger partial charge in [0.25, 0.3) is 0 Å². The zero-order chi connectivity index (χ0) is 20.8. The molecule has 6 nitrogen and oxygen atoms in total. The van der Waals surface area contributed by atoms with E-state index in [9.17, 15) is 20.1 Å². The molecule has 158 valence electrons. The van der Waals surface area contributed by atoms with Gasteiger partial charge in [-0.1, -0.05) is 55.5 Å². The van der Waals surface area contributed by atoms with Crippen LogP contribution in [0.4, 0.5) is 0 Å². The molecule has 4 N–H and O–H groups in total. The lowest BCUT2D eigenvalue weighted by Gasteiger charge is -2.16. The number of ether oxygens (including phenoxy) is 1. The standard InChI is InChI=1S/C22H34O6/c1-2-3-4-5-6-8-11-17(23)14-15-20-19(25)16-21(28-20)18(24)12-9-7-10-13-22(26)27/h3-4,6-9,14-15,17-21,23-25H,2,5,10-13,16H2,1H3,(H,26,27)/b4-3-,8-6-,9-7-,15-14+/t17-,18+,19+,20-,21-/m1/s1. The van der Waals surface area contributed by atoms with Gasteiger partial charge in [0, 0.05) is 12.8 Å². The third-order valence-corrected chi connectivity index (χ3v) is 4.42. The number of carboxylic acids is 1. The zero-order valence-electron chi connectivity index (χ0n) is 16.6. The summed E-state index contributed by atoms with van der Waals surface area (Å²) in [6.07, 6.45) is 15.1. The second-order valence-electron chi connectivity index (χ2n) is 6.92. The van der Waals surface area contributed by atoms with Crippen LogP contribution in [0.1, 0.15) is 51.9 Å². The molecule has 1 saturated heterocycles. The van der Waals surface area contributed by atoms with Crippen molar-refractivity contribution in [3.05, 3.63) is 48.6 Å². The van der Waals surface area contributed by atoms with Crippen LogP contribution in [0.15, 0.2) is 48.6 Å². The van der Waals surface area contributed by atoms with Crippen LogP contribution in [0, 0.1) is 0 Å². The Labute approximate surface area is 167 Å². The van der Waals surface area contributed by atoms with E-state index in [-0.39, 0.29) is 6.42 Å². The lowest BCUT2D eigenvalue weighted by Crippen LogP contribution is -2.25. The molecule has 1 heterocycles. The number of aliphatic carboxylic acids is 1. The smallest absolute Gasteiger partial charge is 0.303 e. The normalized spacial score (nSPS) is 25.5. The van der Waals surface area contributed by atoms with Crippen LogP contribution >= 0.6 is 0 Å². The van der Waals surface area contributed by atoms with Crippen molar-refractivity contribution in [2.24, 2.45) is 0 Å². The Kier molecular flexibility index (Phi) is 12.4. The van der Waals surface area contributed by atoms with Gasteiger partial charge in [-0.3, -0.25) is 4.79 Å². The molecule has 0 unspecified atom stereocenters. The lowest BCUT2D eigenvalue weighted by atomic mass is 10.0. The molecular formula is C22H34O6. The highest BCUT2D eigenvalue weighted by molar-refractivity contribution is 5.66. The number of allylic oxidation sites excluding steroid dienone is 4. The van der Waals surface area contributed by atoms with Crippen molar-refractivity contribution in [1.29, 1.82) is 0 Å². The second kappa shape index (κ2) is 14.3. The summed E-state index contributed by atoms with van der Waals surface area (Å²) in [5, 5.41) is 38.9. The van der Waals surface area contributed by atoms with Gasteiger partial charge >= 0.3 is 5.97 Å². The first-order chi connectivity index (χ1) is 13.4. The van der Waals surface area contributed by atoms with Crippen LogP contribution in [0.3, 0.4) is 0 Å². The predicted molar refractivity (Wildman–Crippen MR) is 109 cm³/mol. The number of carboxylic acid groups (broad SMARTS) is 1. The fourth-order valence-corrected chi connectivity index (χ4v) is 2.84. The van der Waals surface area contributed by atoms with Gasteiger partial charge in [-0.25, -0.2) is 0 Å². The van der Waals surface area contributed by atoms with Gasteiger partial charge in [-0.05, 0) is 32.1 Å². The SMILES string of the molecule is CC/C=C\C/C=C\C[C@@H](O)/C=C/[C@H]1O[C@@H]([C@@H](O)C/C=C\CCC(=O)O)C[C@@H]1O. The molecule has 1 rings (SSSR count). The maximum atomic E-state index is 10.4. The first-order valence-corrected chi connectivity index (χ1v) is 9.98. The van der Waals surface area contributed by atoms with E-state index < -0.39 is 36.5 Å². The predicted octanol–water partition coefficient (Wildman–Crippen LogP) is 2.90. The average molecular weight is 395 g/mol. The molecule has 0 aromatic rings. The number of aliphatic hydroxyl groups is 3. The van der Waals surface area contributed by atoms with Crippen LogP contribution in [-0.4, -0.2) is 56.9 Å². The van der Waals surface area contributed by atoms with Crippen LogP contribution in [0.2, 0.25) is 0 Å². The maximum Gasteiger partial charge on any atom is 0.303 e. The minimum atomic E-state index is -0.854. The Bertz CT molecular complexity index is 551. The molecule has 0 aromatic heterocycles. The van der Waals surface area contributed by atoms with Gasteiger partial charge in [0.05, 0.1) is 24.4 Å². The summed E-state index contributed by atoms with van der Waals surface area (Å²) < 4.78 is 5.70. The monoisotopic (exact) mass is 394 g/mol.